The zero-order chi connectivity index (χ0) is 21.3. The monoisotopic (exact) mass is 428 g/mol. The quantitative estimate of drug-likeness (QED) is 0.647. The van der Waals surface area contributed by atoms with E-state index in [1.807, 2.05) is 32.2 Å². The number of aromatic nitrogens is 4. The van der Waals surface area contributed by atoms with Crippen LogP contribution in [0.1, 0.15) is 37.1 Å². The number of hydrogen-bond acceptors (Lipinski definition) is 6. The second-order valence-corrected chi connectivity index (χ2v) is 10.0. The highest BCUT2D eigenvalue weighted by Crippen LogP contribution is 2.24. The van der Waals surface area contributed by atoms with Crippen LogP contribution in [0.4, 0.5) is 0 Å². The third kappa shape index (κ3) is 4.53. The third-order valence-electron chi connectivity index (χ3n) is 5.56. The molecule has 0 saturated carbocycles. The fraction of sp³-hybridized carbons (Fsp3) is 0.476. The van der Waals surface area contributed by atoms with Gasteiger partial charge < -0.3 is 4.57 Å². The number of benzene rings is 1. The number of fused-ring (bicyclic) bond motifs is 2. The molecule has 1 aromatic carbocycles. The smallest absolute Gasteiger partial charge is 0.209 e. The molecule has 30 heavy (non-hydrogen) atoms. The van der Waals surface area contributed by atoms with Crippen LogP contribution >= 0.6 is 0 Å². The first-order valence-corrected chi connectivity index (χ1v) is 12.2. The Bertz CT molecular complexity index is 1140. The molecule has 3 aromatic rings. The predicted molar refractivity (Wildman–Crippen MR) is 116 cm³/mol. The molecule has 160 valence electrons. The van der Waals surface area contributed by atoms with Gasteiger partial charge >= 0.3 is 0 Å². The molecule has 8 nitrogen and oxygen atoms in total. The van der Waals surface area contributed by atoms with Crippen molar-refractivity contribution < 1.29 is 8.42 Å². The van der Waals surface area contributed by atoms with Gasteiger partial charge in [-0.05, 0) is 23.6 Å². The van der Waals surface area contributed by atoms with Gasteiger partial charge in [-0.25, -0.2) is 13.1 Å². The summed E-state index contributed by atoms with van der Waals surface area (Å²) in [5.74, 6) is 1.67. The van der Waals surface area contributed by atoms with Crippen molar-refractivity contribution in [3.63, 3.8) is 0 Å². The fourth-order valence-corrected chi connectivity index (χ4v) is 4.88. The molecule has 0 saturated heterocycles. The van der Waals surface area contributed by atoms with Crippen LogP contribution < -0.4 is 4.72 Å². The molecule has 4 rings (SSSR count). The van der Waals surface area contributed by atoms with Crippen molar-refractivity contribution in [3.05, 3.63) is 53.7 Å². The van der Waals surface area contributed by atoms with Gasteiger partial charge in [-0.1, -0.05) is 32.0 Å². The summed E-state index contributed by atoms with van der Waals surface area (Å²) < 4.78 is 28.5. The Balaban J connectivity index is 1.54. The summed E-state index contributed by atoms with van der Waals surface area (Å²) in [6.07, 6.45) is 3.78. The van der Waals surface area contributed by atoms with E-state index in [1.54, 1.807) is 0 Å². The Hall–Kier alpha value is -2.36. The molecule has 1 aliphatic rings. The van der Waals surface area contributed by atoms with Gasteiger partial charge in [0.2, 0.25) is 10.0 Å². The minimum atomic E-state index is -3.35. The topological polar surface area (TPSA) is 93.0 Å². The Morgan fingerprint density at radius 2 is 1.93 bits per heavy atom. The molecule has 1 N–H and O–H groups in total. The van der Waals surface area contributed by atoms with Crippen LogP contribution in [0, 0.1) is 5.92 Å². The van der Waals surface area contributed by atoms with Crippen LogP contribution in [0.15, 0.2) is 36.5 Å². The molecule has 9 heteroatoms. The first kappa shape index (κ1) is 20.9. The van der Waals surface area contributed by atoms with E-state index in [4.69, 9.17) is 0 Å². The van der Waals surface area contributed by atoms with Crippen molar-refractivity contribution in [1.82, 2.24) is 29.4 Å². The van der Waals surface area contributed by atoms with Crippen LogP contribution in [-0.2, 0) is 29.5 Å². The summed E-state index contributed by atoms with van der Waals surface area (Å²) in [4.78, 5) is 6.87. The van der Waals surface area contributed by atoms with Gasteiger partial charge in [0.05, 0.1) is 17.8 Å². The molecule has 0 aliphatic carbocycles. The van der Waals surface area contributed by atoms with Gasteiger partial charge in [0.1, 0.15) is 5.82 Å². The van der Waals surface area contributed by atoms with E-state index < -0.39 is 16.1 Å². The van der Waals surface area contributed by atoms with E-state index in [9.17, 15) is 8.42 Å². The highest BCUT2D eigenvalue weighted by Gasteiger charge is 2.28. The number of sulfonamides is 1. The van der Waals surface area contributed by atoms with Crippen LogP contribution in [-0.4, -0.2) is 52.4 Å². The maximum Gasteiger partial charge on any atom is 0.209 e. The summed E-state index contributed by atoms with van der Waals surface area (Å²) >= 11 is 0. The van der Waals surface area contributed by atoms with Crippen molar-refractivity contribution in [1.29, 1.82) is 0 Å². The second kappa shape index (κ2) is 8.41. The average Bonchev–Trinajstić information content (AvgIpc) is 2.99. The molecule has 0 radical (unpaired) electrons. The minimum absolute atomic E-state index is 0.0653. The lowest BCUT2D eigenvalue weighted by Crippen LogP contribution is -2.33. The average molecular weight is 429 g/mol. The zero-order valence-corrected chi connectivity index (χ0v) is 18.4. The van der Waals surface area contributed by atoms with Crippen LogP contribution in [0.5, 0.6) is 0 Å². The van der Waals surface area contributed by atoms with Crippen LogP contribution in [0.2, 0.25) is 0 Å². The van der Waals surface area contributed by atoms with Gasteiger partial charge in [0.15, 0.2) is 5.82 Å². The van der Waals surface area contributed by atoms with Crippen LogP contribution in [0.25, 0.3) is 10.9 Å². The van der Waals surface area contributed by atoms with Gasteiger partial charge in [-0.2, -0.15) is 0 Å². The number of hydrogen-bond donors (Lipinski definition) is 1. The molecule has 3 heterocycles. The molecule has 1 aliphatic heterocycles. The lowest BCUT2D eigenvalue weighted by molar-refractivity contribution is 0.270. The first-order chi connectivity index (χ1) is 14.3. The number of nitrogens with one attached hydrogen (secondary N) is 1. The normalized spacial score (nSPS) is 16.5. The highest BCUT2D eigenvalue weighted by atomic mass is 32.2. The predicted octanol–water partition coefficient (Wildman–Crippen LogP) is 2.13. The minimum Gasteiger partial charge on any atom is -0.312 e. The summed E-state index contributed by atoms with van der Waals surface area (Å²) in [6, 6.07) is 9.95. The molecule has 0 spiro atoms. The third-order valence-corrected chi connectivity index (χ3v) is 6.25. The molecular formula is C21H28N6O2S. The fourth-order valence-electron chi connectivity index (χ4n) is 4.04. The summed E-state index contributed by atoms with van der Waals surface area (Å²) in [6.45, 7) is 7.27. The van der Waals surface area contributed by atoms with Crippen molar-refractivity contribution in [2.75, 3.05) is 19.3 Å². The summed E-state index contributed by atoms with van der Waals surface area (Å²) in [7, 11) is -3.35. The number of rotatable bonds is 6. The van der Waals surface area contributed by atoms with E-state index in [2.05, 4.69) is 47.6 Å². The van der Waals surface area contributed by atoms with E-state index >= 15 is 0 Å². The number of pyridine rings is 1. The SMILES string of the molecule is CC(C)C(NS(C)(=O)=O)c1nnc2n1CCN(Cc1cccc3ncccc13)CC2. The molecule has 0 fully saturated rings. The maximum atomic E-state index is 11.9. The molecular weight excluding hydrogens is 400 g/mol. The van der Waals surface area contributed by atoms with Crippen molar-refractivity contribution in [3.8, 4) is 0 Å². The number of nitrogens with zero attached hydrogens (tertiary/aromatic N) is 5. The van der Waals surface area contributed by atoms with Crippen molar-refractivity contribution in [2.45, 2.75) is 39.4 Å². The molecule has 1 atom stereocenters. The Kier molecular flexibility index (Phi) is 5.86. The maximum absolute atomic E-state index is 11.9. The van der Waals surface area contributed by atoms with E-state index in [1.165, 1.54) is 17.2 Å². The lowest BCUT2D eigenvalue weighted by Gasteiger charge is -2.23. The van der Waals surface area contributed by atoms with Gasteiger partial charge in [-0.3, -0.25) is 9.88 Å². The Labute approximate surface area is 177 Å². The summed E-state index contributed by atoms with van der Waals surface area (Å²) in [5.41, 5.74) is 2.27. The van der Waals surface area contributed by atoms with Crippen LogP contribution in [0.3, 0.4) is 0 Å². The lowest BCUT2D eigenvalue weighted by atomic mass is 10.1. The van der Waals surface area contributed by atoms with Gasteiger partial charge in [0.25, 0.3) is 0 Å². The summed E-state index contributed by atoms with van der Waals surface area (Å²) in [5, 5.41) is 9.92. The van der Waals surface area contributed by atoms with E-state index in [0.29, 0.717) is 5.82 Å². The Morgan fingerprint density at radius 3 is 2.70 bits per heavy atom. The second-order valence-electron chi connectivity index (χ2n) is 8.25. The molecule has 2 aromatic heterocycles. The highest BCUT2D eigenvalue weighted by molar-refractivity contribution is 7.88. The van der Waals surface area contributed by atoms with E-state index in [-0.39, 0.29) is 5.92 Å². The zero-order valence-electron chi connectivity index (χ0n) is 17.6. The largest absolute Gasteiger partial charge is 0.312 e. The Morgan fingerprint density at radius 1 is 1.10 bits per heavy atom. The van der Waals surface area contributed by atoms with Gasteiger partial charge in [-0.15, -0.1) is 10.2 Å². The molecule has 1 unspecified atom stereocenters. The molecule has 0 bridgehead atoms. The van der Waals surface area contributed by atoms with E-state index in [0.717, 1.165) is 43.9 Å². The molecule has 0 amide bonds. The van der Waals surface area contributed by atoms with Crippen molar-refractivity contribution in [2.24, 2.45) is 5.92 Å². The standard InChI is InChI=1S/C21H28N6O2S/c1-15(2)20(25-30(3,28)29)21-24-23-19-9-11-26(12-13-27(19)21)14-16-6-4-8-18-17(16)7-5-10-22-18/h4-8,10,15,20,25H,9,11-14H2,1-3H3. The first-order valence-electron chi connectivity index (χ1n) is 10.3. The van der Waals surface area contributed by atoms with Gasteiger partial charge in [0, 0.05) is 44.2 Å². The van der Waals surface area contributed by atoms with Crippen molar-refractivity contribution >= 4 is 20.9 Å².